The zero-order valence-electron chi connectivity index (χ0n) is 12.7. The van der Waals surface area contributed by atoms with Crippen LogP contribution in [0, 0.1) is 0 Å². The molecule has 2 heteroatoms. The average molecular weight is 280 g/mol. The first-order valence-electron chi connectivity index (χ1n) is 7.01. The Balaban J connectivity index is 2.25. The van der Waals surface area contributed by atoms with Crippen LogP contribution in [0.4, 0.5) is 0 Å². The van der Waals surface area contributed by atoms with Crippen molar-refractivity contribution in [3.8, 4) is 0 Å². The minimum Gasteiger partial charge on any atom is -0.456 e. The molecule has 0 saturated heterocycles. The smallest absolute Gasteiger partial charge is 0.339 e. The largest absolute Gasteiger partial charge is 0.456 e. The highest BCUT2D eigenvalue weighted by Crippen LogP contribution is 2.17. The second-order valence-electron chi connectivity index (χ2n) is 5.83. The number of carbonyl (C=O) groups excluding carboxylic acids is 1. The molecule has 0 bridgehead atoms. The highest BCUT2D eigenvalue weighted by atomic mass is 16.6. The Morgan fingerprint density at radius 2 is 1.52 bits per heavy atom. The van der Waals surface area contributed by atoms with E-state index in [2.05, 4.69) is 0 Å². The quantitative estimate of drug-likeness (QED) is 0.595. The summed E-state index contributed by atoms with van der Waals surface area (Å²) in [7, 11) is 0. The fourth-order valence-corrected chi connectivity index (χ4v) is 1.91. The number of hydrogen-bond acceptors (Lipinski definition) is 2. The van der Waals surface area contributed by atoms with Crippen LogP contribution in [0.2, 0.25) is 0 Å². The van der Waals surface area contributed by atoms with Gasteiger partial charge in [-0.05, 0) is 38.0 Å². The van der Waals surface area contributed by atoms with Crippen molar-refractivity contribution in [2.24, 2.45) is 0 Å². The molecule has 0 atom stereocenters. The zero-order valence-corrected chi connectivity index (χ0v) is 12.7. The Bertz CT molecular complexity index is 634. The Labute approximate surface area is 126 Å². The number of rotatable bonds is 3. The molecule has 2 aromatic rings. The Morgan fingerprint density at radius 3 is 2.19 bits per heavy atom. The molecule has 0 unspecified atom stereocenters. The van der Waals surface area contributed by atoms with Crippen molar-refractivity contribution in [2.75, 3.05) is 0 Å². The van der Waals surface area contributed by atoms with E-state index in [0.29, 0.717) is 5.56 Å². The number of carbonyl (C=O) groups is 1. The van der Waals surface area contributed by atoms with Gasteiger partial charge in [-0.15, -0.1) is 0 Å². The molecule has 0 N–H and O–H groups in total. The fourth-order valence-electron chi connectivity index (χ4n) is 1.91. The van der Waals surface area contributed by atoms with Crippen LogP contribution in [0.1, 0.15) is 42.3 Å². The minimum atomic E-state index is -0.493. The van der Waals surface area contributed by atoms with Crippen molar-refractivity contribution < 1.29 is 9.53 Å². The summed E-state index contributed by atoms with van der Waals surface area (Å²) in [5.41, 5.74) is 2.04. The first kappa shape index (κ1) is 15.0. The minimum absolute atomic E-state index is 0.296. The van der Waals surface area contributed by atoms with Gasteiger partial charge in [-0.3, -0.25) is 0 Å². The van der Waals surface area contributed by atoms with Crippen molar-refractivity contribution in [1.29, 1.82) is 0 Å². The van der Waals surface area contributed by atoms with E-state index < -0.39 is 5.60 Å². The Kier molecular flexibility index (Phi) is 4.59. The second-order valence-corrected chi connectivity index (χ2v) is 5.83. The highest BCUT2D eigenvalue weighted by molar-refractivity contribution is 5.95. The normalized spacial score (nSPS) is 11.6. The molecular weight excluding hydrogens is 260 g/mol. The molecule has 0 heterocycles. The topological polar surface area (TPSA) is 26.3 Å². The molecular formula is C19H20O2. The van der Waals surface area contributed by atoms with Gasteiger partial charge < -0.3 is 4.74 Å². The van der Waals surface area contributed by atoms with Gasteiger partial charge >= 0.3 is 5.97 Å². The molecule has 0 amide bonds. The molecule has 2 nitrogen and oxygen atoms in total. The molecule has 0 aliphatic heterocycles. The van der Waals surface area contributed by atoms with Gasteiger partial charge in [0.05, 0.1) is 5.56 Å². The summed E-state index contributed by atoms with van der Waals surface area (Å²) in [6.45, 7) is 5.61. The summed E-state index contributed by atoms with van der Waals surface area (Å²) in [6.07, 6.45) is 3.93. The van der Waals surface area contributed by atoms with Gasteiger partial charge in [0.15, 0.2) is 0 Å². The van der Waals surface area contributed by atoms with Gasteiger partial charge in [0.2, 0.25) is 0 Å². The van der Waals surface area contributed by atoms with Crippen LogP contribution in [0.3, 0.4) is 0 Å². The van der Waals surface area contributed by atoms with Gasteiger partial charge in [-0.2, -0.15) is 0 Å². The number of hydrogen-bond donors (Lipinski definition) is 0. The second kappa shape index (κ2) is 6.40. The molecule has 0 spiro atoms. The van der Waals surface area contributed by atoms with E-state index in [1.54, 1.807) is 6.07 Å². The van der Waals surface area contributed by atoms with Crippen LogP contribution in [-0.2, 0) is 4.74 Å². The summed E-state index contributed by atoms with van der Waals surface area (Å²) in [5.74, 6) is -0.296. The monoisotopic (exact) mass is 280 g/mol. The molecule has 2 rings (SSSR count). The number of esters is 1. The van der Waals surface area contributed by atoms with E-state index in [4.69, 9.17) is 4.74 Å². The van der Waals surface area contributed by atoms with Crippen LogP contribution >= 0.6 is 0 Å². The molecule has 0 aliphatic carbocycles. The predicted molar refractivity (Wildman–Crippen MR) is 87.0 cm³/mol. The number of ether oxygens (including phenoxy) is 1. The van der Waals surface area contributed by atoms with Crippen molar-refractivity contribution in [3.63, 3.8) is 0 Å². The lowest BCUT2D eigenvalue weighted by atomic mass is 10.1. The summed E-state index contributed by atoms with van der Waals surface area (Å²) >= 11 is 0. The van der Waals surface area contributed by atoms with Gasteiger partial charge in [-0.1, -0.05) is 60.7 Å². The zero-order chi connectivity index (χ0) is 15.3. The molecule has 0 aromatic heterocycles. The van der Waals surface area contributed by atoms with Crippen molar-refractivity contribution in [2.45, 2.75) is 26.4 Å². The molecule has 0 saturated carbocycles. The number of benzene rings is 2. The maximum absolute atomic E-state index is 12.2. The van der Waals surface area contributed by atoms with Gasteiger partial charge in [-0.25, -0.2) is 4.79 Å². The fraction of sp³-hybridized carbons (Fsp3) is 0.211. The van der Waals surface area contributed by atoms with E-state index in [0.717, 1.165) is 11.1 Å². The third kappa shape index (κ3) is 4.60. The lowest BCUT2D eigenvalue weighted by Gasteiger charge is -2.20. The predicted octanol–water partition coefficient (Wildman–Crippen LogP) is 4.81. The third-order valence-corrected chi connectivity index (χ3v) is 2.83. The molecule has 21 heavy (non-hydrogen) atoms. The van der Waals surface area contributed by atoms with Crippen molar-refractivity contribution >= 4 is 18.1 Å². The standard InChI is InChI=1S/C19H20O2/c1-19(2,3)21-18(20)17-12-8-7-11-16(17)14-13-15-9-5-4-6-10-15/h4-14H,1-3H3. The SMILES string of the molecule is CC(C)(C)OC(=O)c1ccccc1C=Cc1ccccc1. The van der Waals surface area contributed by atoms with Crippen molar-refractivity contribution in [3.05, 3.63) is 71.3 Å². The highest BCUT2D eigenvalue weighted by Gasteiger charge is 2.19. The van der Waals surface area contributed by atoms with Gasteiger partial charge in [0.1, 0.15) is 5.60 Å². The average Bonchev–Trinajstić information content (AvgIpc) is 2.45. The van der Waals surface area contributed by atoms with E-state index >= 15 is 0 Å². The lowest BCUT2D eigenvalue weighted by molar-refractivity contribution is 0.00693. The van der Waals surface area contributed by atoms with Crippen molar-refractivity contribution in [1.82, 2.24) is 0 Å². The van der Waals surface area contributed by atoms with Crippen LogP contribution in [0.15, 0.2) is 54.6 Å². The Morgan fingerprint density at radius 1 is 0.905 bits per heavy atom. The van der Waals surface area contributed by atoms with E-state index in [-0.39, 0.29) is 5.97 Å². The molecule has 2 aromatic carbocycles. The molecule has 0 fully saturated rings. The van der Waals surface area contributed by atoms with E-state index in [1.165, 1.54) is 0 Å². The third-order valence-electron chi connectivity index (χ3n) is 2.83. The summed E-state index contributed by atoms with van der Waals surface area (Å²) in [5, 5.41) is 0. The molecule has 0 aliphatic rings. The van der Waals surface area contributed by atoms with Gasteiger partial charge in [0, 0.05) is 0 Å². The first-order chi connectivity index (χ1) is 9.96. The maximum atomic E-state index is 12.2. The van der Waals surface area contributed by atoms with Crippen LogP contribution in [0.25, 0.3) is 12.2 Å². The summed E-state index contributed by atoms with van der Waals surface area (Å²) in [6, 6.07) is 17.5. The molecule has 108 valence electrons. The molecule has 0 radical (unpaired) electrons. The van der Waals surface area contributed by atoms with E-state index in [1.807, 2.05) is 81.5 Å². The lowest BCUT2D eigenvalue weighted by Crippen LogP contribution is -2.24. The van der Waals surface area contributed by atoms with Gasteiger partial charge in [0.25, 0.3) is 0 Å². The summed E-state index contributed by atoms with van der Waals surface area (Å²) in [4.78, 5) is 12.2. The maximum Gasteiger partial charge on any atom is 0.339 e. The first-order valence-corrected chi connectivity index (χ1v) is 7.01. The van der Waals surface area contributed by atoms with Crippen LogP contribution in [-0.4, -0.2) is 11.6 Å². The van der Waals surface area contributed by atoms with E-state index in [9.17, 15) is 4.79 Å². The Hall–Kier alpha value is -2.35. The van der Waals surface area contributed by atoms with Crippen LogP contribution < -0.4 is 0 Å². The summed E-state index contributed by atoms with van der Waals surface area (Å²) < 4.78 is 5.44. The van der Waals surface area contributed by atoms with Crippen LogP contribution in [0.5, 0.6) is 0 Å².